The van der Waals surface area contributed by atoms with Crippen LogP contribution >= 0.6 is 11.3 Å². The number of halogens is 1. The monoisotopic (exact) mass is 437 g/mol. The first-order chi connectivity index (χ1) is 15.1. The Balaban J connectivity index is 1.28. The molecule has 0 bridgehead atoms. The number of carbonyl (C=O) groups is 2. The van der Waals surface area contributed by atoms with E-state index in [1.807, 2.05) is 35.7 Å². The number of rotatable bonds is 7. The van der Waals surface area contributed by atoms with Crippen LogP contribution in [-0.4, -0.2) is 40.8 Å². The number of thiazole rings is 1. The number of amides is 2. The highest BCUT2D eigenvalue weighted by Gasteiger charge is 2.33. The van der Waals surface area contributed by atoms with Crippen molar-refractivity contribution in [2.75, 3.05) is 13.1 Å². The first-order valence-electron chi connectivity index (χ1n) is 10.4. The first-order valence-corrected chi connectivity index (χ1v) is 11.3. The van der Waals surface area contributed by atoms with Crippen LogP contribution in [0.15, 0.2) is 60.0 Å². The van der Waals surface area contributed by atoms with Crippen LogP contribution in [0.5, 0.6) is 0 Å². The van der Waals surface area contributed by atoms with Crippen LogP contribution in [0.25, 0.3) is 10.6 Å². The second-order valence-electron chi connectivity index (χ2n) is 7.60. The van der Waals surface area contributed by atoms with Gasteiger partial charge in [-0.3, -0.25) is 9.59 Å². The summed E-state index contributed by atoms with van der Waals surface area (Å²) in [6, 6.07) is 15.5. The Morgan fingerprint density at radius 1 is 1.13 bits per heavy atom. The SMILES string of the molecule is O=C(NCCc1csc(-c2ccccc2)n1)[C@H]1CCCN1C(=O)Cc1ccc(F)cc1. The zero-order valence-electron chi connectivity index (χ0n) is 17.1. The van der Waals surface area contributed by atoms with Gasteiger partial charge in [0.05, 0.1) is 12.1 Å². The zero-order chi connectivity index (χ0) is 21.6. The van der Waals surface area contributed by atoms with Crippen molar-refractivity contribution in [3.8, 4) is 10.6 Å². The summed E-state index contributed by atoms with van der Waals surface area (Å²) in [5, 5.41) is 5.94. The smallest absolute Gasteiger partial charge is 0.242 e. The van der Waals surface area contributed by atoms with Crippen molar-refractivity contribution in [1.29, 1.82) is 0 Å². The van der Waals surface area contributed by atoms with Crippen molar-refractivity contribution >= 4 is 23.2 Å². The molecule has 0 saturated carbocycles. The minimum absolute atomic E-state index is 0.101. The van der Waals surface area contributed by atoms with Gasteiger partial charge < -0.3 is 10.2 Å². The molecule has 5 nitrogen and oxygen atoms in total. The summed E-state index contributed by atoms with van der Waals surface area (Å²) in [6.07, 6.45) is 2.28. The van der Waals surface area contributed by atoms with E-state index in [0.29, 0.717) is 25.9 Å². The molecule has 7 heteroatoms. The van der Waals surface area contributed by atoms with Crippen molar-refractivity contribution in [2.24, 2.45) is 0 Å². The van der Waals surface area contributed by atoms with E-state index in [2.05, 4.69) is 10.3 Å². The van der Waals surface area contributed by atoms with Gasteiger partial charge in [0.15, 0.2) is 0 Å². The van der Waals surface area contributed by atoms with E-state index in [9.17, 15) is 14.0 Å². The van der Waals surface area contributed by atoms with Crippen LogP contribution in [0.3, 0.4) is 0 Å². The normalized spacial score (nSPS) is 15.8. The summed E-state index contributed by atoms with van der Waals surface area (Å²) in [6.45, 7) is 1.05. The molecule has 1 aromatic heterocycles. The fourth-order valence-corrected chi connectivity index (χ4v) is 4.64. The molecule has 2 aromatic carbocycles. The summed E-state index contributed by atoms with van der Waals surface area (Å²) in [7, 11) is 0. The van der Waals surface area contributed by atoms with Gasteiger partial charge in [0.2, 0.25) is 11.8 Å². The molecule has 4 rings (SSSR count). The fourth-order valence-electron chi connectivity index (χ4n) is 3.78. The number of hydrogen-bond donors (Lipinski definition) is 1. The lowest BCUT2D eigenvalue weighted by Crippen LogP contribution is -2.46. The maximum Gasteiger partial charge on any atom is 0.242 e. The molecule has 2 heterocycles. The van der Waals surface area contributed by atoms with Gasteiger partial charge >= 0.3 is 0 Å². The predicted molar refractivity (Wildman–Crippen MR) is 119 cm³/mol. The third-order valence-electron chi connectivity index (χ3n) is 5.40. The average molecular weight is 438 g/mol. The second-order valence-corrected chi connectivity index (χ2v) is 8.46. The van der Waals surface area contributed by atoms with Gasteiger partial charge in [-0.1, -0.05) is 42.5 Å². The van der Waals surface area contributed by atoms with Crippen molar-refractivity contribution < 1.29 is 14.0 Å². The Labute approximate surface area is 184 Å². The number of aromatic nitrogens is 1. The van der Waals surface area contributed by atoms with Crippen molar-refractivity contribution in [1.82, 2.24) is 15.2 Å². The number of nitrogens with zero attached hydrogens (tertiary/aromatic N) is 2. The highest BCUT2D eigenvalue weighted by molar-refractivity contribution is 7.13. The van der Waals surface area contributed by atoms with Gasteiger partial charge in [-0.15, -0.1) is 11.3 Å². The minimum Gasteiger partial charge on any atom is -0.354 e. The Hall–Kier alpha value is -3.06. The molecule has 0 radical (unpaired) electrons. The molecule has 0 aliphatic carbocycles. The lowest BCUT2D eigenvalue weighted by molar-refractivity contribution is -0.137. The Morgan fingerprint density at radius 2 is 1.90 bits per heavy atom. The van der Waals surface area contributed by atoms with Crippen LogP contribution in [0, 0.1) is 5.82 Å². The van der Waals surface area contributed by atoms with E-state index in [-0.39, 0.29) is 24.1 Å². The molecule has 0 spiro atoms. The number of likely N-dealkylation sites (tertiary alicyclic amines) is 1. The zero-order valence-corrected chi connectivity index (χ0v) is 17.9. The van der Waals surface area contributed by atoms with Gasteiger partial charge in [0.25, 0.3) is 0 Å². The van der Waals surface area contributed by atoms with Crippen LogP contribution in [-0.2, 0) is 22.4 Å². The molecule has 1 aliphatic rings. The van der Waals surface area contributed by atoms with E-state index in [1.54, 1.807) is 28.4 Å². The number of nitrogens with one attached hydrogen (secondary N) is 1. The second kappa shape index (κ2) is 9.83. The van der Waals surface area contributed by atoms with E-state index in [4.69, 9.17) is 0 Å². The van der Waals surface area contributed by atoms with Gasteiger partial charge in [-0.25, -0.2) is 9.37 Å². The maximum atomic E-state index is 13.1. The van der Waals surface area contributed by atoms with E-state index in [1.165, 1.54) is 12.1 Å². The largest absolute Gasteiger partial charge is 0.354 e. The molecule has 2 amide bonds. The van der Waals surface area contributed by atoms with Gasteiger partial charge in [0.1, 0.15) is 16.9 Å². The Morgan fingerprint density at radius 3 is 2.68 bits per heavy atom. The molecule has 31 heavy (non-hydrogen) atoms. The van der Waals surface area contributed by atoms with Gasteiger partial charge in [0, 0.05) is 30.5 Å². The molecule has 1 atom stereocenters. The lowest BCUT2D eigenvalue weighted by atomic mass is 10.1. The highest BCUT2D eigenvalue weighted by atomic mass is 32.1. The Bertz CT molecular complexity index is 1040. The summed E-state index contributed by atoms with van der Waals surface area (Å²) >= 11 is 1.59. The van der Waals surface area contributed by atoms with Crippen LogP contribution < -0.4 is 5.32 Å². The quantitative estimate of drug-likeness (QED) is 0.611. The third kappa shape index (κ3) is 5.35. The van der Waals surface area contributed by atoms with E-state index >= 15 is 0 Å². The number of carbonyl (C=O) groups excluding carboxylic acids is 2. The highest BCUT2D eigenvalue weighted by Crippen LogP contribution is 2.23. The Kier molecular flexibility index (Phi) is 6.72. The molecule has 3 aromatic rings. The first kappa shape index (κ1) is 21.2. The number of benzene rings is 2. The predicted octanol–water partition coefficient (Wildman–Crippen LogP) is 3.84. The van der Waals surface area contributed by atoms with Gasteiger partial charge in [-0.05, 0) is 30.5 Å². The van der Waals surface area contributed by atoms with Crippen molar-refractivity contribution in [3.63, 3.8) is 0 Å². The van der Waals surface area contributed by atoms with E-state index < -0.39 is 6.04 Å². The van der Waals surface area contributed by atoms with E-state index in [0.717, 1.165) is 28.2 Å². The molecule has 1 saturated heterocycles. The summed E-state index contributed by atoms with van der Waals surface area (Å²) in [5.41, 5.74) is 2.78. The third-order valence-corrected chi connectivity index (χ3v) is 6.34. The molecule has 0 unspecified atom stereocenters. The van der Waals surface area contributed by atoms with Crippen molar-refractivity contribution in [2.45, 2.75) is 31.7 Å². The maximum absolute atomic E-state index is 13.1. The topological polar surface area (TPSA) is 62.3 Å². The summed E-state index contributed by atoms with van der Waals surface area (Å²) in [5.74, 6) is -0.551. The molecule has 1 aliphatic heterocycles. The van der Waals surface area contributed by atoms with Crippen LogP contribution in [0.4, 0.5) is 4.39 Å². The van der Waals surface area contributed by atoms with Crippen LogP contribution in [0.1, 0.15) is 24.1 Å². The molecular weight excluding hydrogens is 413 g/mol. The van der Waals surface area contributed by atoms with Gasteiger partial charge in [-0.2, -0.15) is 0 Å². The molecule has 1 fully saturated rings. The summed E-state index contributed by atoms with van der Waals surface area (Å²) in [4.78, 5) is 31.7. The minimum atomic E-state index is -0.441. The summed E-state index contributed by atoms with van der Waals surface area (Å²) < 4.78 is 13.1. The average Bonchev–Trinajstić information content (AvgIpc) is 3.46. The molecule has 1 N–H and O–H groups in total. The number of hydrogen-bond acceptors (Lipinski definition) is 4. The molecule has 160 valence electrons. The van der Waals surface area contributed by atoms with Crippen LogP contribution in [0.2, 0.25) is 0 Å². The molecular formula is C24H24FN3O2S. The fraction of sp³-hybridized carbons (Fsp3) is 0.292. The standard InChI is InChI=1S/C24H24FN3O2S/c25-19-10-8-17(9-11-19)15-22(29)28-14-4-7-21(28)23(30)26-13-12-20-16-31-24(27-20)18-5-2-1-3-6-18/h1-3,5-6,8-11,16,21H,4,7,12-15H2,(H,26,30)/t21-/m1/s1. The lowest BCUT2D eigenvalue weighted by Gasteiger charge is -2.24. The van der Waals surface area contributed by atoms with Crippen molar-refractivity contribution in [3.05, 3.63) is 77.1 Å².